The zero-order chi connectivity index (χ0) is 29.9. The molecule has 3 heterocycles. The average Bonchev–Trinajstić information content (AvgIpc) is 3.67. The van der Waals surface area contributed by atoms with Crippen LogP contribution in [0, 0.1) is 0 Å². The number of hydrogen-bond donors (Lipinski definition) is 1. The fourth-order valence-electron chi connectivity index (χ4n) is 4.48. The number of hydrogen-bond acceptors (Lipinski definition) is 10. The quantitative estimate of drug-likeness (QED) is 0.308. The van der Waals surface area contributed by atoms with Crippen molar-refractivity contribution in [3.63, 3.8) is 0 Å². The molecule has 0 bridgehead atoms. The molecule has 2 aromatic heterocycles. The van der Waals surface area contributed by atoms with E-state index in [0.29, 0.717) is 58.2 Å². The van der Waals surface area contributed by atoms with Gasteiger partial charge in [0.25, 0.3) is 5.91 Å². The Morgan fingerprint density at radius 2 is 1.81 bits per heavy atom. The van der Waals surface area contributed by atoms with Crippen LogP contribution in [0.15, 0.2) is 53.9 Å². The normalized spacial score (nSPS) is 13.3. The lowest BCUT2D eigenvalue weighted by molar-refractivity contribution is -0.128. The first kappa shape index (κ1) is 28.9. The average molecular weight is 593 g/mol. The predicted octanol–water partition coefficient (Wildman–Crippen LogP) is 3.88. The third kappa shape index (κ3) is 6.30. The molecule has 0 aliphatic carbocycles. The number of carbonyl (C=O) groups excluding carboxylic acids is 2. The molecule has 1 atom stereocenters. The lowest BCUT2D eigenvalue weighted by Crippen LogP contribution is -2.50. The van der Waals surface area contributed by atoms with E-state index in [2.05, 4.69) is 20.7 Å². The molecule has 4 aromatic rings. The van der Waals surface area contributed by atoms with E-state index in [1.807, 2.05) is 38.3 Å². The first-order valence-electron chi connectivity index (χ1n) is 13.2. The van der Waals surface area contributed by atoms with Crippen molar-refractivity contribution >= 4 is 28.8 Å². The molecule has 0 saturated heterocycles. The number of fused-ring (bicyclic) bond motifs is 1. The Bertz CT molecular complexity index is 1570. The summed E-state index contributed by atoms with van der Waals surface area (Å²) in [6.45, 7) is 6.20. The molecule has 0 spiro atoms. The highest BCUT2D eigenvalue weighted by atomic mass is 32.1. The van der Waals surface area contributed by atoms with E-state index >= 15 is 0 Å². The monoisotopic (exact) mass is 592 g/mol. The van der Waals surface area contributed by atoms with Gasteiger partial charge in [0, 0.05) is 27.7 Å². The van der Waals surface area contributed by atoms with Gasteiger partial charge < -0.3 is 24.3 Å². The lowest BCUT2D eigenvalue weighted by atomic mass is 10.1. The summed E-state index contributed by atoms with van der Waals surface area (Å²) in [6, 6.07) is 13.1. The second-order valence-corrected chi connectivity index (χ2v) is 11.4. The van der Waals surface area contributed by atoms with E-state index in [1.165, 1.54) is 28.1 Å². The Morgan fingerprint density at radius 1 is 1.05 bits per heavy atom. The van der Waals surface area contributed by atoms with Gasteiger partial charge in [-0.1, -0.05) is 6.07 Å². The van der Waals surface area contributed by atoms with E-state index in [9.17, 15) is 9.59 Å². The maximum absolute atomic E-state index is 14.1. The number of carbonyl (C=O) groups is 2. The third-order valence-electron chi connectivity index (χ3n) is 6.26. The van der Waals surface area contributed by atoms with Crippen molar-refractivity contribution in [2.24, 2.45) is 0 Å². The topological polar surface area (TPSA) is 130 Å². The molecule has 42 heavy (non-hydrogen) atoms. The molecule has 220 valence electrons. The van der Waals surface area contributed by atoms with Crippen molar-refractivity contribution in [3.05, 3.63) is 58.8 Å². The van der Waals surface area contributed by atoms with Crippen molar-refractivity contribution in [1.29, 1.82) is 0 Å². The van der Waals surface area contributed by atoms with E-state index in [4.69, 9.17) is 18.9 Å². The molecule has 1 aliphatic heterocycles. The number of methoxy groups -OCH3 is 2. The number of thiophene rings is 1. The summed E-state index contributed by atoms with van der Waals surface area (Å²) < 4.78 is 22.2. The first-order chi connectivity index (χ1) is 20.2. The zero-order valence-corrected chi connectivity index (χ0v) is 24.8. The number of aromatic nitrogens is 4. The van der Waals surface area contributed by atoms with Crippen LogP contribution in [0.5, 0.6) is 23.0 Å². The van der Waals surface area contributed by atoms with E-state index in [1.54, 1.807) is 43.5 Å². The van der Waals surface area contributed by atoms with Gasteiger partial charge in [-0.3, -0.25) is 14.5 Å². The molecule has 13 heteroatoms. The SMILES string of the molecule is COc1ccc(-c2nnn(CC(=O)N(c3ccc4c(c3)OCCO4)[C@H](C(=O)NC(C)(C)C)c3cccs3)n2)cc1OC. The lowest BCUT2D eigenvalue weighted by Gasteiger charge is -2.33. The maximum Gasteiger partial charge on any atom is 0.251 e. The molecule has 5 rings (SSSR count). The standard InChI is InChI=1S/C29H32N6O6S/c1-29(2,3)30-28(37)26(24-7-6-14-42-24)35(19-9-11-21-23(16-19)41-13-12-40-21)25(36)17-34-32-27(31-33-34)18-8-10-20(38-4)22(15-18)39-5/h6-11,14-16,26H,12-13,17H2,1-5H3,(H,30,37)/t26-/m0/s1. The molecule has 1 aliphatic rings. The van der Waals surface area contributed by atoms with Crippen LogP contribution in [0.4, 0.5) is 5.69 Å². The van der Waals surface area contributed by atoms with E-state index in [-0.39, 0.29) is 12.5 Å². The Kier molecular flexibility index (Phi) is 8.29. The summed E-state index contributed by atoms with van der Waals surface area (Å²) in [4.78, 5) is 31.3. The molecule has 2 amide bonds. The number of rotatable bonds is 9. The minimum Gasteiger partial charge on any atom is -0.493 e. The summed E-state index contributed by atoms with van der Waals surface area (Å²) in [5.41, 5.74) is 0.568. The van der Waals surface area contributed by atoms with Crippen LogP contribution in [0.1, 0.15) is 31.7 Å². The van der Waals surface area contributed by atoms with Gasteiger partial charge in [0.1, 0.15) is 25.8 Å². The molecular weight excluding hydrogens is 560 g/mol. The van der Waals surface area contributed by atoms with Crippen LogP contribution in [0.2, 0.25) is 0 Å². The number of benzene rings is 2. The molecule has 0 radical (unpaired) electrons. The number of amides is 2. The highest BCUT2D eigenvalue weighted by Crippen LogP contribution is 2.38. The molecule has 0 unspecified atom stereocenters. The van der Waals surface area contributed by atoms with Crippen molar-refractivity contribution in [3.8, 4) is 34.4 Å². The smallest absolute Gasteiger partial charge is 0.251 e. The second kappa shape index (κ2) is 12.1. The summed E-state index contributed by atoms with van der Waals surface area (Å²) in [5, 5.41) is 17.6. The minimum atomic E-state index is -0.965. The predicted molar refractivity (Wildman–Crippen MR) is 156 cm³/mol. The van der Waals surface area contributed by atoms with Gasteiger partial charge in [-0.15, -0.1) is 21.5 Å². The zero-order valence-electron chi connectivity index (χ0n) is 24.0. The van der Waals surface area contributed by atoms with Crippen LogP contribution in [-0.4, -0.2) is 65.0 Å². The van der Waals surface area contributed by atoms with Crippen LogP contribution < -0.4 is 29.2 Å². The van der Waals surface area contributed by atoms with Crippen molar-refractivity contribution in [2.45, 2.75) is 38.9 Å². The van der Waals surface area contributed by atoms with Gasteiger partial charge in [-0.2, -0.15) is 4.80 Å². The van der Waals surface area contributed by atoms with Crippen molar-refractivity contribution < 1.29 is 28.5 Å². The summed E-state index contributed by atoms with van der Waals surface area (Å²) in [7, 11) is 3.09. The van der Waals surface area contributed by atoms with Gasteiger partial charge in [0.05, 0.1) is 14.2 Å². The fourth-order valence-corrected chi connectivity index (χ4v) is 5.29. The summed E-state index contributed by atoms with van der Waals surface area (Å²) in [5.74, 6) is 1.68. The van der Waals surface area contributed by atoms with Gasteiger partial charge in [-0.05, 0) is 67.8 Å². The van der Waals surface area contributed by atoms with Gasteiger partial charge in [0.2, 0.25) is 11.7 Å². The van der Waals surface area contributed by atoms with Crippen molar-refractivity contribution in [1.82, 2.24) is 25.5 Å². The Balaban J connectivity index is 1.51. The molecule has 12 nitrogen and oxygen atoms in total. The number of anilines is 1. The molecule has 1 N–H and O–H groups in total. The second-order valence-electron chi connectivity index (χ2n) is 10.5. The van der Waals surface area contributed by atoms with Crippen LogP contribution >= 0.6 is 11.3 Å². The van der Waals surface area contributed by atoms with E-state index in [0.717, 1.165) is 0 Å². The number of nitrogens with one attached hydrogen (secondary N) is 1. The van der Waals surface area contributed by atoms with Crippen molar-refractivity contribution in [2.75, 3.05) is 32.3 Å². The Labute approximate surface area is 247 Å². The summed E-state index contributed by atoms with van der Waals surface area (Å²) >= 11 is 1.39. The third-order valence-corrected chi connectivity index (χ3v) is 7.19. The van der Waals surface area contributed by atoms with Gasteiger partial charge in [0.15, 0.2) is 23.0 Å². The van der Waals surface area contributed by atoms with E-state index < -0.39 is 17.5 Å². The number of tetrazole rings is 1. The Hall–Kier alpha value is -4.65. The number of nitrogens with zero attached hydrogens (tertiary/aromatic N) is 5. The molecule has 2 aromatic carbocycles. The Morgan fingerprint density at radius 3 is 2.50 bits per heavy atom. The maximum atomic E-state index is 14.1. The highest BCUT2D eigenvalue weighted by Gasteiger charge is 2.36. The molecule has 0 saturated carbocycles. The van der Waals surface area contributed by atoms with Crippen LogP contribution in [0.3, 0.4) is 0 Å². The van der Waals surface area contributed by atoms with Crippen LogP contribution in [-0.2, 0) is 16.1 Å². The highest BCUT2D eigenvalue weighted by molar-refractivity contribution is 7.10. The largest absolute Gasteiger partial charge is 0.493 e. The number of ether oxygens (including phenoxy) is 4. The van der Waals surface area contributed by atoms with Gasteiger partial charge in [-0.25, -0.2) is 0 Å². The molecule has 0 fully saturated rings. The fraction of sp³-hybridized carbons (Fsp3) is 0.345. The minimum absolute atomic E-state index is 0.278. The van der Waals surface area contributed by atoms with Gasteiger partial charge >= 0.3 is 0 Å². The first-order valence-corrected chi connectivity index (χ1v) is 14.1. The van der Waals surface area contributed by atoms with Crippen LogP contribution in [0.25, 0.3) is 11.4 Å². The summed E-state index contributed by atoms with van der Waals surface area (Å²) in [6.07, 6.45) is 0. The molecular formula is C29H32N6O6S.